The fraction of sp³-hybridized carbons (Fsp3) is 0.333. The molecule has 1 N–H and O–H groups in total. The van der Waals surface area contributed by atoms with Crippen molar-refractivity contribution in [2.75, 3.05) is 6.61 Å². The molecule has 1 aromatic heterocycles. The van der Waals surface area contributed by atoms with Crippen LogP contribution < -0.4 is 0 Å². The molecule has 1 atom stereocenters. The van der Waals surface area contributed by atoms with Crippen molar-refractivity contribution in [3.63, 3.8) is 0 Å². The monoisotopic (exact) mass is 599 g/mol. The Labute approximate surface area is 245 Å². The maximum Gasteiger partial charge on any atom is 0.416 e. The van der Waals surface area contributed by atoms with Crippen molar-refractivity contribution in [3.8, 4) is 22.5 Å². The summed E-state index contributed by atoms with van der Waals surface area (Å²) in [7, 11) is 0. The molecule has 1 fully saturated rings. The summed E-state index contributed by atoms with van der Waals surface area (Å²) < 4.78 is 79.4. The molecule has 0 saturated heterocycles. The molecule has 1 heterocycles. The first-order valence-corrected chi connectivity index (χ1v) is 13.9. The molecule has 10 heteroatoms. The number of carbonyl (C=O) groups is 1. The lowest BCUT2D eigenvalue weighted by Gasteiger charge is -2.21. The van der Waals surface area contributed by atoms with Crippen LogP contribution in [0, 0.1) is 6.92 Å². The highest BCUT2D eigenvalue weighted by molar-refractivity contribution is 5.87. The van der Waals surface area contributed by atoms with Gasteiger partial charge in [-0.05, 0) is 61.1 Å². The molecule has 3 aromatic carbocycles. The number of aliphatic hydroxyl groups is 1. The predicted octanol–water partition coefficient (Wildman–Crippen LogP) is 8.23. The molecule has 0 spiro atoms. The van der Waals surface area contributed by atoms with Gasteiger partial charge in [0.15, 0.2) is 5.76 Å². The average Bonchev–Trinajstić information content (AvgIpc) is 3.72. The fourth-order valence-electron chi connectivity index (χ4n) is 5.25. The van der Waals surface area contributed by atoms with Crippen molar-refractivity contribution in [2.24, 2.45) is 0 Å². The van der Waals surface area contributed by atoms with E-state index in [1.165, 1.54) is 0 Å². The zero-order valence-corrected chi connectivity index (χ0v) is 23.6. The first kappa shape index (κ1) is 30.4. The van der Waals surface area contributed by atoms with Crippen LogP contribution in [-0.2, 0) is 27.5 Å². The van der Waals surface area contributed by atoms with Gasteiger partial charge in [0.05, 0.1) is 29.4 Å². The number of hydrogen-bond acceptors (Lipinski definition) is 5. The van der Waals surface area contributed by atoms with Gasteiger partial charge in [-0.3, -0.25) is 4.79 Å². The van der Waals surface area contributed by atoms with Gasteiger partial charge in [0.25, 0.3) is 5.92 Å². The first-order valence-electron chi connectivity index (χ1n) is 13.9. The molecule has 1 aliphatic carbocycles. The van der Waals surface area contributed by atoms with Gasteiger partial charge < -0.3 is 14.4 Å². The van der Waals surface area contributed by atoms with Crippen LogP contribution in [0.2, 0.25) is 0 Å². The number of benzene rings is 3. The molecular weight excluding hydrogens is 569 g/mol. The van der Waals surface area contributed by atoms with E-state index in [-0.39, 0.29) is 28.6 Å². The number of nitrogens with zero attached hydrogens (tertiary/aromatic N) is 1. The summed E-state index contributed by atoms with van der Waals surface area (Å²) in [4.78, 5) is 12.4. The van der Waals surface area contributed by atoms with Gasteiger partial charge in [-0.2, -0.15) is 13.2 Å². The van der Waals surface area contributed by atoms with Gasteiger partial charge in [0.2, 0.25) is 0 Å². The second-order valence-corrected chi connectivity index (χ2v) is 10.9. The Balaban J connectivity index is 1.29. The second-order valence-electron chi connectivity index (χ2n) is 10.9. The lowest BCUT2D eigenvalue weighted by molar-refractivity contribution is -0.146. The SMILES string of the molecule is CCOC(=O)C1(c2ccc(-c3ccc(-c4onc(C)c4CC(F)(F)CC(O)c4ccc(C(F)(F)F)cc4)cc3)cc2)CC1. The van der Waals surface area contributed by atoms with Gasteiger partial charge in [-0.1, -0.05) is 65.8 Å². The van der Waals surface area contributed by atoms with E-state index in [1.807, 2.05) is 36.4 Å². The molecule has 0 radical (unpaired) electrons. The van der Waals surface area contributed by atoms with Crippen molar-refractivity contribution >= 4 is 5.97 Å². The van der Waals surface area contributed by atoms with E-state index < -0.39 is 42.0 Å². The quantitative estimate of drug-likeness (QED) is 0.147. The predicted molar refractivity (Wildman–Crippen MR) is 149 cm³/mol. The highest BCUT2D eigenvalue weighted by atomic mass is 19.4. The molecule has 1 saturated carbocycles. The van der Waals surface area contributed by atoms with E-state index in [2.05, 4.69) is 5.16 Å². The Morgan fingerprint density at radius 3 is 2.02 bits per heavy atom. The largest absolute Gasteiger partial charge is 0.465 e. The molecule has 226 valence electrons. The van der Waals surface area contributed by atoms with Crippen molar-refractivity contribution in [2.45, 2.75) is 63.1 Å². The zero-order chi connectivity index (χ0) is 31.0. The Kier molecular flexibility index (Phi) is 8.17. The highest BCUT2D eigenvalue weighted by Gasteiger charge is 2.52. The number of rotatable bonds is 10. The minimum absolute atomic E-state index is 0.0354. The maximum atomic E-state index is 15.1. The number of aryl methyl sites for hydroxylation is 1. The number of aromatic nitrogens is 1. The molecule has 5 rings (SSSR count). The number of alkyl halides is 5. The number of hydrogen-bond donors (Lipinski definition) is 1. The number of halogens is 5. The topological polar surface area (TPSA) is 72.6 Å². The third kappa shape index (κ3) is 6.49. The molecule has 5 nitrogen and oxygen atoms in total. The van der Waals surface area contributed by atoms with E-state index in [0.717, 1.165) is 53.8 Å². The summed E-state index contributed by atoms with van der Waals surface area (Å²) in [6.45, 7) is 3.66. The zero-order valence-electron chi connectivity index (χ0n) is 23.6. The lowest BCUT2D eigenvalue weighted by atomic mass is 9.93. The first-order chi connectivity index (χ1) is 20.3. The molecule has 4 aromatic rings. The van der Waals surface area contributed by atoms with Crippen molar-refractivity contribution in [3.05, 3.63) is 101 Å². The van der Waals surface area contributed by atoms with Gasteiger partial charge in [-0.15, -0.1) is 0 Å². The van der Waals surface area contributed by atoms with Gasteiger partial charge >= 0.3 is 12.1 Å². The van der Waals surface area contributed by atoms with Crippen LogP contribution in [0.4, 0.5) is 22.0 Å². The Morgan fingerprint density at radius 1 is 0.930 bits per heavy atom. The highest BCUT2D eigenvalue weighted by Crippen LogP contribution is 2.49. The molecule has 1 unspecified atom stereocenters. The van der Waals surface area contributed by atoms with Crippen LogP contribution >= 0.6 is 0 Å². The number of esters is 1. The van der Waals surface area contributed by atoms with Crippen LogP contribution in [-0.4, -0.2) is 28.8 Å². The maximum absolute atomic E-state index is 15.1. The molecule has 1 aliphatic rings. The minimum Gasteiger partial charge on any atom is -0.465 e. The van der Waals surface area contributed by atoms with Gasteiger partial charge in [0.1, 0.15) is 0 Å². The van der Waals surface area contributed by atoms with E-state index in [0.29, 0.717) is 12.2 Å². The minimum atomic E-state index is -4.57. The second kappa shape index (κ2) is 11.6. The summed E-state index contributed by atoms with van der Waals surface area (Å²) in [6.07, 6.45) is -6.49. The standard InChI is InChI=1S/C33H30F5NO4/c1-3-42-30(41)31(16-17-31)25-12-8-22(9-13-25)21-4-6-24(7-5-21)29-27(20(2)39-43-29)18-32(34,35)19-28(40)23-10-14-26(15-11-23)33(36,37)38/h4-15,28,40H,3,16-19H2,1-2H3. The number of ether oxygens (including phenoxy) is 1. The Morgan fingerprint density at radius 2 is 1.49 bits per heavy atom. The number of carbonyl (C=O) groups excluding carboxylic acids is 1. The van der Waals surface area contributed by atoms with Crippen LogP contribution in [0.3, 0.4) is 0 Å². The molecule has 0 amide bonds. The summed E-state index contributed by atoms with van der Waals surface area (Å²) >= 11 is 0. The van der Waals surface area contributed by atoms with E-state index in [9.17, 15) is 23.1 Å². The average molecular weight is 600 g/mol. The van der Waals surface area contributed by atoms with Crippen molar-refractivity contribution in [1.29, 1.82) is 0 Å². The molecule has 43 heavy (non-hydrogen) atoms. The Hall–Kier alpha value is -4.05. The van der Waals surface area contributed by atoms with Crippen LogP contribution in [0.1, 0.15) is 60.2 Å². The summed E-state index contributed by atoms with van der Waals surface area (Å²) in [5.41, 5.74) is 2.16. The van der Waals surface area contributed by atoms with E-state index in [4.69, 9.17) is 9.26 Å². The smallest absolute Gasteiger partial charge is 0.416 e. The lowest BCUT2D eigenvalue weighted by Crippen LogP contribution is -2.23. The third-order valence-corrected chi connectivity index (χ3v) is 7.87. The van der Waals surface area contributed by atoms with E-state index in [1.54, 1.807) is 26.0 Å². The van der Waals surface area contributed by atoms with Gasteiger partial charge in [0, 0.05) is 24.0 Å². The molecular formula is C33H30F5NO4. The van der Waals surface area contributed by atoms with Crippen LogP contribution in [0.5, 0.6) is 0 Å². The fourth-order valence-corrected chi connectivity index (χ4v) is 5.25. The van der Waals surface area contributed by atoms with Crippen LogP contribution in [0.25, 0.3) is 22.5 Å². The van der Waals surface area contributed by atoms with Crippen molar-refractivity contribution in [1.82, 2.24) is 5.16 Å². The normalized spacial score (nSPS) is 15.3. The number of aliphatic hydroxyl groups excluding tert-OH is 1. The molecule has 0 aliphatic heterocycles. The summed E-state index contributed by atoms with van der Waals surface area (Å²) in [5.74, 6) is -3.43. The third-order valence-electron chi connectivity index (χ3n) is 7.87. The molecule has 0 bridgehead atoms. The van der Waals surface area contributed by atoms with E-state index >= 15 is 8.78 Å². The van der Waals surface area contributed by atoms with Crippen LogP contribution in [0.15, 0.2) is 77.3 Å². The summed E-state index contributed by atoms with van der Waals surface area (Å²) in [5, 5.41) is 14.2. The Bertz CT molecular complexity index is 1570. The van der Waals surface area contributed by atoms with Gasteiger partial charge in [-0.25, -0.2) is 8.78 Å². The summed E-state index contributed by atoms with van der Waals surface area (Å²) in [6, 6.07) is 18.3. The van der Waals surface area contributed by atoms with Crippen molar-refractivity contribution < 1.29 is 41.1 Å².